The first-order valence-corrected chi connectivity index (χ1v) is 6.96. The molecule has 2 aromatic rings. The smallest absolute Gasteiger partial charge is 0.296 e. The summed E-state index contributed by atoms with van der Waals surface area (Å²) in [5, 5.41) is 11.2. The average Bonchev–Trinajstić information content (AvgIpc) is 2.47. The number of nitro groups is 1. The minimum atomic E-state index is -0.404. The number of pyridine rings is 1. The monoisotopic (exact) mass is 305 g/mol. The van der Waals surface area contributed by atoms with E-state index in [2.05, 4.69) is 4.98 Å². The molecule has 110 valence electrons. The van der Waals surface area contributed by atoms with Crippen molar-refractivity contribution in [2.24, 2.45) is 0 Å². The Morgan fingerprint density at radius 1 is 1.29 bits per heavy atom. The van der Waals surface area contributed by atoms with E-state index in [1.54, 1.807) is 37.5 Å². The van der Waals surface area contributed by atoms with Gasteiger partial charge in [-0.15, -0.1) is 0 Å². The van der Waals surface area contributed by atoms with Gasteiger partial charge in [0.15, 0.2) is 0 Å². The number of nitrogens with zero attached hydrogens (tertiary/aromatic N) is 3. The summed E-state index contributed by atoms with van der Waals surface area (Å²) in [6.45, 7) is 0. The summed E-state index contributed by atoms with van der Waals surface area (Å²) in [5.74, 6) is 0.481. The lowest BCUT2D eigenvalue weighted by Crippen LogP contribution is -2.11. The van der Waals surface area contributed by atoms with Crippen LogP contribution >= 0.6 is 11.8 Å². The fourth-order valence-electron chi connectivity index (χ4n) is 1.82. The number of benzene rings is 1. The van der Waals surface area contributed by atoms with E-state index >= 15 is 0 Å². The van der Waals surface area contributed by atoms with Crippen molar-refractivity contribution in [1.29, 1.82) is 0 Å². The van der Waals surface area contributed by atoms with E-state index in [0.717, 1.165) is 9.79 Å². The maximum Gasteiger partial charge on any atom is 0.296 e. The van der Waals surface area contributed by atoms with Crippen molar-refractivity contribution in [3.8, 4) is 5.75 Å². The Morgan fingerprint density at radius 3 is 2.48 bits per heavy atom. The van der Waals surface area contributed by atoms with Crippen LogP contribution in [0, 0.1) is 10.1 Å². The third-order valence-electron chi connectivity index (χ3n) is 2.82. The molecule has 1 heterocycles. The van der Waals surface area contributed by atoms with Gasteiger partial charge < -0.3 is 9.64 Å². The van der Waals surface area contributed by atoms with E-state index in [0.29, 0.717) is 11.4 Å². The van der Waals surface area contributed by atoms with E-state index in [1.165, 1.54) is 24.9 Å². The van der Waals surface area contributed by atoms with Gasteiger partial charge in [0.1, 0.15) is 11.4 Å². The van der Waals surface area contributed by atoms with E-state index in [1.807, 2.05) is 12.1 Å². The van der Waals surface area contributed by atoms with Crippen LogP contribution in [0.2, 0.25) is 0 Å². The Balaban J connectivity index is 2.49. The summed E-state index contributed by atoms with van der Waals surface area (Å²) >= 11 is 1.48. The lowest BCUT2D eigenvalue weighted by molar-refractivity contribution is -0.384. The van der Waals surface area contributed by atoms with Crippen LogP contribution in [0.1, 0.15) is 0 Å². The van der Waals surface area contributed by atoms with Gasteiger partial charge in [-0.3, -0.25) is 15.1 Å². The van der Waals surface area contributed by atoms with Crippen molar-refractivity contribution < 1.29 is 9.66 Å². The first kappa shape index (κ1) is 15.1. The molecule has 0 spiro atoms. The molecule has 0 bridgehead atoms. The zero-order valence-electron chi connectivity index (χ0n) is 11.9. The molecule has 1 aromatic heterocycles. The van der Waals surface area contributed by atoms with Crippen molar-refractivity contribution in [2.75, 3.05) is 26.1 Å². The van der Waals surface area contributed by atoms with Crippen LogP contribution in [0.25, 0.3) is 0 Å². The molecular weight excluding hydrogens is 290 g/mol. The molecule has 6 nitrogen and oxygen atoms in total. The Bertz CT molecular complexity index is 647. The standard InChI is InChI=1S/C14H15N3O3S/c1-16(2)11-9-14(21-10-4-6-15-7-5-10)13(20-3)8-12(11)17(18)19/h4-9H,1-3H3. The molecular formula is C14H15N3O3S. The summed E-state index contributed by atoms with van der Waals surface area (Å²) in [5.41, 5.74) is 0.563. The summed E-state index contributed by atoms with van der Waals surface area (Å²) in [4.78, 5) is 18.3. The Hall–Kier alpha value is -2.28. The summed E-state index contributed by atoms with van der Waals surface area (Å²) in [6, 6.07) is 6.97. The topological polar surface area (TPSA) is 68.5 Å². The lowest BCUT2D eigenvalue weighted by atomic mass is 10.2. The number of methoxy groups -OCH3 is 1. The Labute approximate surface area is 126 Å². The average molecular weight is 305 g/mol. The number of hydrogen-bond donors (Lipinski definition) is 0. The van der Waals surface area contributed by atoms with Gasteiger partial charge in [0.05, 0.1) is 23.0 Å². The number of ether oxygens (including phenoxy) is 1. The first-order valence-electron chi connectivity index (χ1n) is 6.14. The highest BCUT2D eigenvalue weighted by molar-refractivity contribution is 7.99. The van der Waals surface area contributed by atoms with Crippen LogP contribution in [0.4, 0.5) is 11.4 Å². The summed E-state index contributed by atoms with van der Waals surface area (Å²) < 4.78 is 5.28. The van der Waals surface area contributed by atoms with E-state index in [-0.39, 0.29) is 5.69 Å². The molecule has 0 unspecified atom stereocenters. The van der Waals surface area contributed by atoms with Crippen molar-refractivity contribution in [3.05, 3.63) is 46.8 Å². The molecule has 0 saturated heterocycles. The number of hydrogen-bond acceptors (Lipinski definition) is 6. The van der Waals surface area contributed by atoms with Crippen molar-refractivity contribution in [1.82, 2.24) is 4.98 Å². The van der Waals surface area contributed by atoms with Crippen LogP contribution in [-0.4, -0.2) is 31.1 Å². The van der Waals surface area contributed by atoms with Gasteiger partial charge in [-0.1, -0.05) is 11.8 Å². The van der Waals surface area contributed by atoms with Gasteiger partial charge in [0.2, 0.25) is 0 Å². The molecule has 0 amide bonds. The van der Waals surface area contributed by atoms with Crippen LogP contribution in [0.3, 0.4) is 0 Å². The molecule has 1 aromatic carbocycles. The second kappa shape index (κ2) is 6.45. The van der Waals surface area contributed by atoms with Gasteiger partial charge in [-0.2, -0.15) is 0 Å². The Kier molecular flexibility index (Phi) is 4.64. The van der Waals surface area contributed by atoms with Crippen LogP contribution < -0.4 is 9.64 Å². The molecule has 0 aliphatic carbocycles. The number of rotatable bonds is 5. The van der Waals surface area contributed by atoms with E-state index in [4.69, 9.17) is 4.74 Å². The maximum atomic E-state index is 11.2. The molecule has 7 heteroatoms. The second-order valence-corrected chi connectivity index (χ2v) is 5.54. The van der Waals surface area contributed by atoms with Crippen LogP contribution in [0.5, 0.6) is 5.75 Å². The van der Waals surface area contributed by atoms with Crippen molar-refractivity contribution >= 4 is 23.1 Å². The van der Waals surface area contributed by atoms with Gasteiger partial charge in [-0.25, -0.2) is 0 Å². The largest absolute Gasteiger partial charge is 0.495 e. The SMILES string of the molecule is COc1cc([N+](=O)[O-])c(N(C)C)cc1Sc1ccncc1. The molecule has 0 N–H and O–H groups in total. The predicted molar refractivity (Wildman–Crippen MR) is 82.3 cm³/mol. The molecule has 2 rings (SSSR count). The molecule has 0 fully saturated rings. The Morgan fingerprint density at radius 2 is 1.95 bits per heavy atom. The molecule has 0 atom stereocenters. The normalized spacial score (nSPS) is 10.2. The summed E-state index contributed by atoms with van der Waals surface area (Å²) in [7, 11) is 5.05. The van der Waals surface area contributed by atoms with E-state index < -0.39 is 4.92 Å². The highest BCUT2D eigenvalue weighted by Gasteiger charge is 2.20. The van der Waals surface area contributed by atoms with Gasteiger partial charge in [-0.05, 0) is 18.2 Å². The summed E-state index contributed by atoms with van der Waals surface area (Å²) in [6.07, 6.45) is 3.40. The molecule has 0 aliphatic heterocycles. The third-order valence-corrected chi connectivity index (χ3v) is 3.86. The lowest BCUT2D eigenvalue weighted by Gasteiger charge is -2.16. The number of aromatic nitrogens is 1. The predicted octanol–water partition coefficient (Wildman–Crippen LogP) is 3.22. The van der Waals surface area contributed by atoms with E-state index in [9.17, 15) is 10.1 Å². The highest BCUT2D eigenvalue weighted by Crippen LogP contribution is 2.41. The number of nitro benzene ring substituents is 1. The van der Waals surface area contributed by atoms with Gasteiger partial charge in [0.25, 0.3) is 5.69 Å². The van der Waals surface area contributed by atoms with Gasteiger partial charge >= 0.3 is 0 Å². The fraction of sp³-hybridized carbons (Fsp3) is 0.214. The fourth-order valence-corrected chi connectivity index (χ4v) is 2.74. The molecule has 0 saturated carbocycles. The zero-order valence-corrected chi connectivity index (χ0v) is 12.8. The third kappa shape index (κ3) is 3.43. The van der Waals surface area contributed by atoms with Crippen LogP contribution in [0.15, 0.2) is 46.5 Å². The van der Waals surface area contributed by atoms with Crippen LogP contribution in [-0.2, 0) is 0 Å². The second-order valence-electron chi connectivity index (χ2n) is 4.43. The minimum Gasteiger partial charge on any atom is -0.495 e. The molecule has 21 heavy (non-hydrogen) atoms. The van der Waals surface area contributed by atoms with Gasteiger partial charge in [0, 0.05) is 31.4 Å². The zero-order chi connectivity index (χ0) is 15.4. The maximum absolute atomic E-state index is 11.2. The molecule has 0 radical (unpaired) electrons. The van der Waals surface area contributed by atoms with Crippen molar-refractivity contribution in [3.63, 3.8) is 0 Å². The quantitative estimate of drug-likeness (QED) is 0.624. The highest BCUT2D eigenvalue weighted by atomic mass is 32.2. The number of anilines is 1. The minimum absolute atomic E-state index is 0.0240. The first-order chi connectivity index (χ1) is 10.0. The van der Waals surface area contributed by atoms with Crippen molar-refractivity contribution in [2.45, 2.75) is 9.79 Å². The molecule has 0 aliphatic rings.